The van der Waals surface area contributed by atoms with Gasteiger partial charge in [-0.2, -0.15) is 0 Å². The van der Waals surface area contributed by atoms with E-state index in [-0.39, 0.29) is 5.78 Å². The number of carbonyl (C=O) groups excluding carboxylic acids is 1. The molecule has 0 bridgehead atoms. The van der Waals surface area contributed by atoms with Crippen molar-refractivity contribution >= 4 is 5.78 Å². The van der Waals surface area contributed by atoms with Crippen LogP contribution >= 0.6 is 0 Å². The highest BCUT2D eigenvalue weighted by Gasteiger charge is 2.15. The van der Waals surface area contributed by atoms with Gasteiger partial charge in [0.25, 0.3) is 0 Å². The van der Waals surface area contributed by atoms with Crippen LogP contribution in [0.15, 0.2) is 36.4 Å². The molecular formula is C18H18O3. The van der Waals surface area contributed by atoms with Gasteiger partial charge in [0.1, 0.15) is 11.5 Å². The minimum Gasteiger partial charge on any atom is -0.496 e. The molecule has 0 N–H and O–H groups in total. The maximum atomic E-state index is 12.6. The molecule has 21 heavy (non-hydrogen) atoms. The summed E-state index contributed by atoms with van der Waals surface area (Å²) in [6.45, 7) is 2.72. The molecule has 3 rings (SSSR count). The van der Waals surface area contributed by atoms with E-state index >= 15 is 0 Å². The number of aryl methyl sites for hydroxylation is 2. The summed E-state index contributed by atoms with van der Waals surface area (Å²) in [5.41, 5.74) is 3.48. The highest BCUT2D eigenvalue weighted by Crippen LogP contribution is 2.27. The summed E-state index contributed by atoms with van der Waals surface area (Å²) < 4.78 is 10.9. The summed E-state index contributed by atoms with van der Waals surface area (Å²) in [5, 5.41) is 0. The lowest BCUT2D eigenvalue weighted by atomic mass is 9.97. The Morgan fingerprint density at radius 1 is 1.14 bits per heavy atom. The van der Waals surface area contributed by atoms with Crippen molar-refractivity contribution in [3.8, 4) is 11.5 Å². The molecule has 0 unspecified atom stereocenters. The number of hydrogen-bond acceptors (Lipinski definition) is 3. The molecule has 0 fully saturated rings. The normalized spacial score (nSPS) is 13.2. The SMILES string of the molecule is COc1cc(C(=O)c2ccc3c(c2)CCCO3)ccc1C. The van der Waals surface area contributed by atoms with Gasteiger partial charge in [0, 0.05) is 11.1 Å². The lowest BCUT2D eigenvalue weighted by Crippen LogP contribution is -2.10. The van der Waals surface area contributed by atoms with E-state index in [1.54, 1.807) is 13.2 Å². The van der Waals surface area contributed by atoms with Crippen LogP contribution in [0.5, 0.6) is 11.5 Å². The molecule has 0 saturated heterocycles. The maximum absolute atomic E-state index is 12.6. The Kier molecular flexibility index (Phi) is 3.65. The van der Waals surface area contributed by atoms with Crippen molar-refractivity contribution in [3.05, 3.63) is 58.7 Å². The number of ether oxygens (including phenoxy) is 2. The number of hydrogen-bond donors (Lipinski definition) is 0. The van der Waals surface area contributed by atoms with Gasteiger partial charge in [-0.1, -0.05) is 12.1 Å². The quantitative estimate of drug-likeness (QED) is 0.807. The first-order valence-electron chi connectivity index (χ1n) is 7.14. The molecule has 0 atom stereocenters. The van der Waals surface area contributed by atoms with Crippen LogP contribution < -0.4 is 9.47 Å². The highest BCUT2D eigenvalue weighted by molar-refractivity contribution is 6.09. The monoisotopic (exact) mass is 282 g/mol. The Bertz CT molecular complexity index is 689. The van der Waals surface area contributed by atoms with Gasteiger partial charge in [-0.25, -0.2) is 0 Å². The second kappa shape index (κ2) is 5.60. The summed E-state index contributed by atoms with van der Waals surface area (Å²) in [6.07, 6.45) is 1.97. The topological polar surface area (TPSA) is 35.5 Å². The van der Waals surface area contributed by atoms with Gasteiger partial charge >= 0.3 is 0 Å². The lowest BCUT2D eigenvalue weighted by molar-refractivity contribution is 0.103. The Morgan fingerprint density at radius 2 is 1.90 bits per heavy atom. The van der Waals surface area contributed by atoms with Crippen molar-refractivity contribution in [1.82, 2.24) is 0 Å². The van der Waals surface area contributed by atoms with Crippen molar-refractivity contribution in [3.63, 3.8) is 0 Å². The summed E-state index contributed by atoms with van der Waals surface area (Å²) in [7, 11) is 1.62. The largest absolute Gasteiger partial charge is 0.496 e. The Balaban J connectivity index is 1.95. The minimum atomic E-state index is 0.0154. The predicted molar refractivity (Wildman–Crippen MR) is 81.4 cm³/mol. The average Bonchev–Trinajstić information content (AvgIpc) is 2.54. The number of ketones is 1. The molecule has 0 amide bonds. The zero-order valence-electron chi connectivity index (χ0n) is 12.3. The van der Waals surface area contributed by atoms with E-state index in [1.807, 2.05) is 37.3 Å². The van der Waals surface area contributed by atoms with Gasteiger partial charge in [-0.3, -0.25) is 4.79 Å². The number of benzene rings is 2. The van der Waals surface area contributed by atoms with E-state index < -0.39 is 0 Å². The summed E-state index contributed by atoms with van der Waals surface area (Å²) in [6, 6.07) is 11.2. The van der Waals surface area contributed by atoms with Gasteiger partial charge in [0.2, 0.25) is 0 Å². The van der Waals surface area contributed by atoms with Gasteiger partial charge in [0.05, 0.1) is 13.7 Å². The molecule has 0 saturated carbocycles. The third-order valence-electron chi connectivity index (χ3n) is 3.84. The smallest absolute Gasteiger partial charge is 0.193 e. The van der Waals surface area contributed by atoms with Gasteiger partial charge in [-0.15, -0.1) is 0 Å². The lowest BCUT2D eigenvalue weighted by Gasteiger charge is -2.17. The van der Waals surface area contributed by atoms with Crippen LogP contribution in [-0.4, -0.2) is 19.5 Å². The summed E-state index contributed by atoms with van der Waals surface area (Å²) >= 11 is 0. The Hall–Kier alpha value is -2.29. The molecule has 1 heterocycles. The predicted octanol–water partition coefficient (Wildman–Crippen LogP) is 3.56. The van der Waals surface area contributed by atoms with Crippen LogP contribution in [-0.2, 0) is 6.42 Å². The average molecular weight is 282 g/mol. The first-order chi connectivity index (χ1) is 10.2. The molecule has 108 valence electrons. The second-order valence-electron chi connectivity index (χ2n) is 5.29. The summed E-state index contributed by atoms with van der Waals surface area (Å²) in [4.78, 5) is 12.6. The molecule has 1 aliphatic heterocycles. The first kappa shape index (κ1) is 13.7. The third-order valence-corrected chi connectivity index (χ3v) is 3.84. The van der Waals surface area contributed by atoms with E-state index in [4.69, 9.17) is 9.47 Å². The van der Waals surface area contributed by atoms with Crippen LogP contribution in [0.2, 0.25) is 0 Å². The maximum Gasteiger partial charge on any atom is 0.193 e. The molecule has 0 radical (unpaired) electrons. The third kappa shape index (κ3) is 2.64. The fraction of sp³-hybridized carbons (Fsp3) is 0.278. The minimum absolute atomic E-state index is 0.0154. The number of carbonyl (C=O) groups is 1. The van der Waals surface area contributed by atoms with E-state index in [2.05, 4.69) is 0 Å². The van der Waals surface area contributed by atoms with E-state index in [0.29, 0.717) is 11.1 Å². The fourth-order valence-corrected chi connectivity index (χ4v) is 2.63. The fourth-order valence-electron chi connectivity index (χ4n) is 2.63. The second-order valence-corrected chi connectivity index (χ2v) is 5.29. The van der Waals surface area contributed by atoms with Gasteiger partial charge < -0.3 is 9.47 Å². The van der Waals surface area contributed by atoms with Crippen LogP contribution in [0.1, 0.15) is 33.5 Å². The molecule has 0 aromatic heterocycles. The molecule has 3 nitrogen and oxygen atoms in total. The summed E-state index contributed by atoms with van der Waals surface area (Å²) in [5.74, 6) is 1.66. The number of fused-ring (bicyclic) bond motifs is 1. The van der Waals surface area contributed by atoms with Crippen molar-refractivity contribution in [2.24, 2.45) is 0 Å². The molecule has 2 aromatic carbocycles. The molecule has 1 aliphatic rings. The van der Waals surface area contributed by atoms with E-state index in [9.17, 15) is 4.79 Å². The zero-order chi connectivity index (χ0) is 14.8. The molecule has 2 aromatic rings. The molecule has 0 spiro atoms. The number of methoxy groups -OCH3 is 1. The van der Waals surface area contributed by atoms with Gasteiger partial charge in [-0.05, 0) is 55.2 Å². The van der Waals surface area contributed by atoms with Crippen LogP contribution in [0, 0.1) is 6.92 Å². The molecule has 3 heteroatoms. The van der Waals surface area contributed by atoms with Gasteiger partial charge in [0.15, 0.2) is 5.78 Å². The van der Waals surface area contributed by atoms with E-state index in [0.717, 1.165) is 42.1 Å². The van der Waals surface area contributed by atoms with Crippen LogP contribution in [0.4, 0.5) is 0 Å². The van der Waals surface area contributed by atoms with Crippen molar-refractivity contribution < 1.29 is 14.3 Å². The first-order valence-corrected chi connectivity index (χ1v) is 7.14. The van der Waals surface area contributed by atoms with Crippen molar-refractivity contribution in [2.45, 2.75) is 19.8 Å². The molecule has 0 aliphatic carbocycles. The molecular weight excluding hydrogens is 264 g/mol. The van der Waals surface area contributed by atoms with Crippen molar-refractivity contribution in [1.29, 1.82) is 0 Å². The Morgan fingerprint density at radius 3 is 2.71 bits per heavy atom. The van der Waals surface area contributed by atoms with Crippen LogP contribution in [0.25, 0.3) is 0 Å². The zero-order valence-corrected chi connectivity index (χ0v) is 12.3. The van der Waals surface area contributed by atoms with Crippen molar-refractivity contribution in [2.75, 3.05) is 13.7 Å². The van der Waals surface area contributed by atoms with Crippen LogP contribution in [0.3, 0.4) is 0 Å². The van der Waals surface area contributed by atoms with E-state index in [1.165, 1.54) is 0 Å². The highest BCUT2D eigenvalue weighted by atomic mass is 16.5. The standard InChI is InChI=1S/C18H18O3/c1-12-5-6-15(11-17(12)20-2)18(19)14-7-8-16-13(10-14)4-3-9-21-16/h5-8,10-11H,3-4,9H2,1-2H3. The number of rotatable bonds is 3. The Labute approximate surface area is 124 Å².